The number of carbonyl (C=O) groups is 3. The van der Waals surface area contributed by atoms with Crippen LogP contribution in [0, 0.1) is 0 Å². The molecule has 0 aliphatic carbocycles. The van der Waals surface area contributed by atoms with Gasteiger partial charge in [0.1, 0.15) is 6.61 Å². The number of hydrogen-bond acceptors (Lipinski definition) is 5. The minimum Gasteiger partial charge on any atom is -0.463 e. The van der Waals surface area contributed by atoms with E-state index in [0.717, 1.165) is 0 Å². The molecule has 0 fully saturated rings. The van der Waals surface area contributed by atoms with Gasteiger partial charge >= 0.3 is 18.0 Å². The molecule has 0 bridgehead atoms. The lowest BCUT2D eigenvalue weighted by Gasteiger charge is -2.28. The number of carbonyl (C=O) groups excluding carboxylic acids is 3. The molecule has 134 valence electrons. The highest BCUT2D eigenvalue weighted by molar-refractivity contribution is 6.30. The Hall–Kier alpha value is -2.54. The summed E-state index contributed by atoms with van der Waals surface area (Å²) in [7, 11) is 0. The van der Waals surface area contributed by atoms with Gasteiger partial charge in [-0.05, 0) is 31.5 Å². The van der Waals surface area contributed by atoms with Crippen molar-refractivity contribution in [1.82, 2.24) is 10.6 Å². The molecule has 2 N–H and O–H groups in total. The van der Waals surface area contributed by atoms with Gasteiger partial charge in [-0.1, -0.05) is 24.6 Å². The molecule has 1 aliphatic rings. The lowest BCUT2D eigenvalue weighted by atomic mass is 10.0. The first-order chi connectivity index (χ1) is 12.0. The molecular weight excluding hydrogens is 348 g/mol. The summed E-state index contributed by atoms with van der Waals surface area (Å²) < 4.78 is 10.3. The normalized spacial score (nSPS) is 16.8. The van der Waals surface area contributed by atoms with Crippen LogP contribution in [0.2, 0.25) is 5.02 Å². The van der Waals surface area contributed by atoms with Gasteiger partial charge in [0.2, 0.25) is 0 Å². The zero-order valence-corrected chi connectivity index (χ0v) is 14.7. The fourth-order valence-corrected chi connectivity index (χ4v) is 2.60. The van der Waals surface area contributed by atoms with Crippen LogP contribution in [-0.2, 0) is 14.3 Å². The van der Waals surface area contributed by atoms with E-state index in [0.29, 0.717) is 11.4 Å². The third-order valence-electron chi connectivity index (χ3n) is 3.55. The van der Waals surface area contributed by atoms with Crippen LogP contribution in [0.15, 0.2) is 35.5 Å². The van der Waals surface area contributed by atoms with E-state index in [1.165, 1.54) is 6.07 Å². The Kier molecular flexibility index (Phi) is 6.41. The van der Waals surface area contributed by atoms with Crippen molar-refractivity contribution in [3.05, 3.63) is 46.1 Å². The number of amides is 2. The molecule has 0 aromatic heterocycles. The number of nitrogens with one attached hydrogen (secondary N) is 2. The first kappa shape index (κ1) is 18.8. The topological polar surface area (TPSA) is 93.7 Å². The molecule has 2 rings (SSSR count). The molecule has 0 saturated heterocycles. The van der Waals surface area contributed by atoms with Crippen LogP contribution in [-0.4, -0.2) is 37.2 Å². The van der Waals surface area contributed by atoms with Crippen molar-refractivity contribution in [1.29, 1.82) is 0 Å². The highest BCUT2D eigenvalue weighted by atomic mass is 35.5. The maximum Gasteiger partial charge on any atom is 0.338 e. The molecule has 1 aliphatic heterocycles. The Morgan fingerprint density at radius 3 is 2.60 bits per heavy atom. The van der Waals surface area contributed by atoms with Gasteiger partial charge in [0, 0.05) is 5.02 Å². The summed E-state index contributed by atoms with van der Waals surface area (Å²) in [6.45, 7) is 3.45. The molecule has 0 spiro atoms. The predicted octanol–water partition coefficient (Wildman–Crippen LogP) is 2.41. The van der Waals surface area contributed by atoms with Gasteiger partial charge in [-0.15, -0.1) is 0 Å². The molecule has 1 atom stereocenters. The zero-order chi connectivity index (χ0) is 18.4. The number of ether oxygens (including phenoxy) is 2. The zero-order valence-electron chi connectivity index (χ0n) is 13.9. The molecule has 1 aromatic rings. The molecule has 1 aromatic carbocycles. The molecule has 8 heteroatoms. The summed E-state index contributed by atoms with van der Waals surface area (Å²) >= 11 is 5.85. The van der Waals surface area contributed by atoms with E-state index in [2.05, 4.69) is 10.6 Å². The van der Waals surface area contributed by atoms with Crippen molar-refractivity contribution in [2.24, 2.45) is 0 Å². The molecule has 7 nitrogen and oxygen atoms in total. The van der Waals surface area contributed by atoms with Crippen LogP contribution < -0.4 is 10.6 Å². The van der Waals surface area contributed by atoms with Crippen molar-refractivity contribution < 1.29 is 23.9 Å². The van der Waals surface area contributed by atoms with Gasteiger partial charge in [-0.3, -0.25) is 0 Å². The highest BCUT2D eigenvalue weighted by Crippen LogP contribution is 2.18. The lowest BCUT2D eigenvalue weighted by molar-refractivity contribution is -0.139. The standard InChI is InChI=1S/C17H19ClN2O5/c1-3-12-14(16(22)24-4-2)13(20-17(23)19-12)9-25-15(21)10-6-5-7-11(18)8-10/h5-8,12H,3-4,9H2,1-2H3,(H2,19,20,23)/t12-/m0/s1. The van der Waals surface area contributed by atoms with Gasteiger partial charge in [0.25, 0.3) is 0 Å². The van der Waals surface area contributed by atoms with Gasteiger partial charge in [0.15, 0.2) is 0 Å². The fourth-order valence-electron chi connectivity index (χ4n) is 2.41. The number of halogens is 1. The maximum absolute atomic E-state index is 12.2. The van der Waals surface area contributed by atoms with Gasteiger partial charge in [-0.2, -0.15) is 0 Å². The highest BCUT2D eigenvalue weighted by Gasteiger charge is 2.32. The fraction of sp³-hybridized carbons (Fsp3) is 0.353. The summed E-state index contributed by atoms with van der Waals surface area (Å²) in [4.78, 5) is 36.1. The Morgan fingerprint density at radius 2 is 1.96 bits per heavy atom. The quantitative estimate of drug-likeness (QED) is 0.754. The van der Waals surface area contributed by atoms with Crippen molar-refractivity contribution in [3.63, 3.8) is 0 Å². The molecule has 2 amide bonds. The Bertz CT molecular complexity index is 717. The Morgan fingerprint density at radius 1 is 1.20 bits per heavy atom. The Labute approximate surface area is 150 Å². The Balaban J connectivity index is 2.21. The van der Waals surface area contributed by atoms with E-state index < -0.39 is 24.0 Å². The summed E-state index contributed by atoms with van der Waals surface area (Å²) in [6.07, 6.45) is 0.493. The van der Waals surface area contributed by atoms with Crippen molar-refractivity contribution in [3.8, 4) is 0 Å². The first-order valence-electron chi connectivity index (χ1n) is 7.86. The van der Waals surface area contributed by atoms with Crippen molar-refractivity contribution >= 4 is 29.6 Å². The van der Waals surface area contributed by atoms with E-state index in [-0.39, 0.29) is 30.0 Å². The number of benzene rings is 1. The maximum atomic E-state index is 12.2. The molecule has 0 unspecified atom stereocenters. The van der Waals surface area contributed by atoms with Crippen LogP contribution in [0.5, 0.6) is 0 Å². The van der Waals surface area contributed by atoms with E-state index >= 15 is 0 Å². The number of urea groups is 1. The summed E-state index contributed by atoms with van der Waals surface area (Å²) in [5.74, 6) is -1.17. The van der Waals surface area contributed by atoms with Crippen LogP contribution >= 0.6 is 11.6 Å². The molecule has 0 saturated carbocycles. The van der Waals surface area contributed by atoms with E-state index in [9.17, 15) is 14.4 Å². The van der Waals surface area contributed by atoms with Gasteiger partial charge in [0.05, 0.1) is 29.5 Å². The predicted molar refractivity (Wildman–Crippen MR) is 91.1 cm³/mol. The minimum absolute atomic E-state index is 0.197. The number of esters is 2. The summed E-state index contributed by atoms with van der Waals surface area (Å²) in [6, 6.07) is 5.33. The van der Waals surface area contributed by atoms with Crippen LogP contribution in [0.1, 0.15) is 30.6 Å². The SMILES string of the molecule is CCOC(=O)C1=C(COC(=O)c2cccc(Cl)c2)NC(=O)N[C@H]1CC. The van der Waals surface area contributed by atoms with Crippen molar-refractivity contribution in [2.75, 3.05) is 13.2 Å². The second kappa shape index (κ2) is 8.53. The smallest absolute Gasteiger partial charge is 0.338 e. The van der Waals surface area contributed by atoms with E-state index in [1.807, 2.05) is 6.92 Å². The first-order valence-corrected chi connectivity index (χ1v) is 8.24. The van der Waals surface area contributed by atoms with E-state index in [4.69, 9.17) is 21.1 Å². The number of rotatable bonds is 6. The minimum atomic E-state index is -0.612. The van der Waals surface area contributed by atoms with Crippen LogP contribution in [0.25, 0.3) is 0 Å². The second-order valence-electron chi connectivity index (χ2n) is 5.26. The monoisotopic (exact) mass is 366 g/mol. The number of hydrogen-bond donors (Lipinski definition) is 2. The van der Waals surface area contributed by atoms with Crippen LogP contribution in [0.3, 0.4) is 0 Å². The van der Waals surface area contributed by atoms with Gasteiger partial charge < -0.3 is 20.1 Å². The third-order valence-corrected chi connectivity index (χ3v) is 3.79. The third kappa shape index (κ3) is 4.73. The largest absolute Gasteiger partial charge is 0.463 e. The van der Waals surface area contributed by atoms with E-state index in [1.54, 1.807) is 25.1 Å². The average molecular weight is 367 g/mol. The van der Waals surface area contributed by atoms with Crippen LogP contribution in [0.4, 0.5) is 4.79 Å². The molecule has 0 radical (unpaired) electrons. The molecule has 1 heterocycles. The lowest BCUT2D eigenvalue weighted by Crippen LogP contribution is -2.51. The summed E-state index contributed by atoms with van der Waals surface area (Å²) in [5, 5.41) is 5.56. The summed E-state index contributed by atoms with van der Waals surface area (Å²) in [5.41, 5.74) is 0.741. The second-order valence-corrected chi connectivity index (χ2v) is 5.69. The van der Waals surface area contributed by atoms with Gasteiger partial charge in [-0.25, -0.2) is 14.4 Å². The molecule has 25 heavy (non-hydrogen) atoms. The molecular formula is C17H19ClN2O5. The average Bonchev–Trinajstić information content (AvgIpc) is 2.59. The van der Waals surface area contributed by atoms with Crippen molar-refractivity contribution in [2.45, 2.75) is 26.3 Å².